The summed E-state index contributed by atoms with van der Waals surface area (Å²) in [6.45, 7) is 0. The maximum Gasteiger partial charge on any atom is 0.0714 e. The van der Waals surface area contributed by atoms with Crippen LogP contribution in [0.4, 0.5) is 17.1 Å². The second kappa shape index (κ2) is 16.7. The van der Waals surface area contributed by atoms with Gasteiger partial charge in [0.1, 0.15) is 0 Å². The largest absolute Gasteiger partial charge is 0.310 e. The summed E-state index contributed by atoms with van der Waals surface area (Å²) in [5.41, 5.74) is 21.0. The van der Waals surface area contributed by atoms with Crippen LogP contribution in [-0.4, -0.2) is 4.57 Å². The topological polar surface area (TPSA) is 8.17 Å². The Bertz CT molecular complexity index is 3780. The average Bonchev–Trinajstić information content (AvgIpc) is 3.92. The molecule has 0 saturated carbocycles. The monoisotopic (exact) mass is 878 g/mol. The minimum atomic E-state index is -0.521. The van der Waals surface area contributed by atoms with E-state index in [0.29, 0.717) is 0 Å². The number of para-hydroxylation sites is 1. The molecular formula is C67H46N2. The first-order valence-corrected chi connectivity index (χ1v) is 23.8. The van der Waals surface area contributed by atoms with Crippen LogP contribution in [0.5, 0.6) is 0 Å². The van der Waals surface area contributed by atoms with Crippen molar-refractivity contribution < 1.29 is 0 Å². The molecule has 1 aliphatic rings. The van der Waals surface area contributed by atoms with Gasteiger partial charge in [0.15, 0.2) is 0 Å². The number of aromatic nitrogens is 1. The van der Waals surface area contributed by atoms with Crippen LogP contribution in [0.15, 0.2) is 279 Å². The second-order valence-electron chi connectivity index (χ2n) is 18.1. The quantitative estimate of drug-likeness (QED) is 0.140. The zero-order valence-corrected chi connectivity index (χ0v) is 38.0. The van der Waals surface area contributed by atoms with Gasteiger partial charge in [0.05, 0.1) is 16.4 Å². The van der Waals surface area contributed by atoms with Crippen molar-refractivity contribution in [1.82, 2.24) is 4.57 Å². The van der Waals surface area contributed by atoms with E-state index in [1.807, 2.05) is 0 Å². The summed E-state index contributed by atoms with van der Waals surface area (Å²) in [6.07, 6.45) is 0. The first-order chi connectivity index (χ1) is 34.2. The van der Waals surface area contributed by atoms with Crippen LogP contribution in [0, 0.1) is 0 Å². The van der Waals surface area contributed by atoms with Gasteiger partial charge in [-0.3, -0.25) is 0 Å². The van der Waals surface area contributed by atoms with E-state index < -0.39 is 5.41 Å². The number of fused-ring (bicyclic) bond motifs is 6. The van der Waals surface area contributed by atoms with Crippen molar-refractivity contribution in [2.45, 2.75) is 5.41 Å². The molecule has 0 saturated heterocycles. The Morgan fingerprint density at radius 3 is 1.49 bits per heavy atom. The average molecular weight is 879 g/mol. The normalized spacial score (nSPS) is 12.5. The van der Waals surface area contributed by atoms with E-state index in [1.165, 1.54) is 83.0 Å². The van der Waals surface area contributed by atoms with Crippen LogP contribution < -0.4 is 4.90 Å². The number of hydrogen-bond donors (Lipinski definition) is 0. The molecule has 11 aromatic carbocycles. The minimum Gasteiger partial charge on any atom is -0.310 e. The standard InChI is InChI=1S/C67H46N2/c1-5-19-47(20-6-1)49-35-38-55(39-36-49)68(58-40-41-60-59-31-13-15-33-63(59)67(64(60)46-58,53-25-9-3-10-26-53)54-27-11-4-12-28-54)56-29-18-24-51(44-56)52-37-42-66-62(45-52)61-32-14-16-34-65(61)69(66)57-30-17-23-50(43-57)48-21-7-2-8-22-48/h1-46H. The summed E-state index contributed by atoms with van der Waals surface area (Å²) < 4.78 is 2.41. The van der Waals surface area contributed by atoms with Gasteiger partial charge in [0, 0.05) is 33.5 Å². The highest BCUT2D eigenvalue weighted by Gasteiger charge is 2.46. The van der Waals surface area contributed by atoms with Gasteiger partial charge in [-0.1, -0.05) is 212 Å². The molecule has 0 aliphatic heterocycles. The fourth-order valence-electron chi connectivity index (χ4n) is 11.2. The van der Waals surface area contributed by atoms with Crippen LogP contribution in [0.3, 0.4) is 0 Å². The highest BCUT2D eigenvalue weighted by atomic mass is 15.1. The molecule has 2 heteroatoms. The van der Waals surface area contributed by atoms with Crippen molar-refractivity contribution in [1.29, 1.82) is 0 Å². The molecule has 12 aromatic rings. The van der Waals surface area contributed by atoms with Gasteiger partial charge in [-0.2, -0.15) is 0 Å². The van der Waals surface area contributed by atoms with Gasteiger partial charge in [-0.25, -0.2) is 0 Å². The molecule has 0 amide bonds. The Hall–Kier alpha value is -8.98. The van der Waals surface area contributed by atoms with Gasteiger partial charge in [-0.15, -0.1) is 0 Å². The van der Waals surface area contributed by atoms with Crippen molar-refractivity contribution in [3.05, 3.63) is 301 Å². The minimum absolute atomic E-state index is 0.521. The van der Waals surface area contributed by atoms with Gasteiger partial charge in [-0.05, 0) is 133 Å². The Morgan fingerprint density at radius 2 is 0.768 bits per heavy atom. The molecule has 0 bridgehead atoms. The maximum absolute atomic E-state index is 2.46. The fourth-order valence-corrected chi connectivity index (χ4v) is 11.2. The summed E-state index contributed by atoms with van der Waals surface area (Å²) in [4.78, 5) is 2.44. The van der Waals surface area contributed by atoms with Gasteiger partial charge < -0.3 is 9.47 Å². The first-order valence-electron chi connectivity index (χ1n) is 23.8. The van der Waals surface area contributed by atoms with Crippen molar-refractivity contribution in [2.24, 2.45) is 0 Å². The SMILES string of the molecule is c1ccc(-c2ccc(N(c3cccc(-c4ccc5c(c4)c4ccccc4n5-c4cccc(-c5ccccc5)c4)c3)c3ccc4c(c3)C(c3ccccc3)(c3ccccc3)c3ccccc3-4)cc2)cc1. The third-order valence-electron chi connectivity index (χ3n) is 14.3. The zero-order valence-electron chi connectivity index (χ0n) is 38.0. The first kappa shape index (κ1) is 40.3. The molecule has 0 spiro atoms. The van der Waals surface area contributed by atoms with E-state index in [-0.39, 0.29) is 0 Å². The van der Waals surface area contributed by atoms with Gasteiger partial charge in [0.2, 0.25) is 0 Å². The Labute approximate surface area is 403 Å². The van der Waals surface area contributed by atoms with Crippen molar-refractivity contribution in [3.63, 3.8) is 0 Å². The van der Waals surface area contributed by atoms with Crippen LogP contribution in [0.1, 0.15) is 22.3 Å². The van der Waals surface area contributed by atoms with E-state index >= 15 is 0 Å². The lowest BCUT2D eigenvalue weighted by Crippen LogP contribution is -2.28. The maximum atomic E-state index is 2.46. The van der Waals surface area contributed by atoms with Crippen molar-refractivity contribution in [2.75, 3.05) is 4.90 Å². The molecule has 2 nitrogen and oxygen atoms in total. The molecule has 0 N–H and O–H groups in total. The van der Waals surface area contributed by atoms with E-state index in [0.717, 1.165) is 28.3 Å². The third-order valence-corrected chi connectivity index (χ3v) is 14.3. The summed E-state index contributed by atoms with van der Waals surface area (Å²) in [5.74, 6) is 0. The van der Waals surface area contributed by atoms with Crippen LogP contribution in [0.25, 0.3) is 72.0 Å². The number of nitrogens with zero attached hydrogens (tertiary/aromatic N) is 2. The molecule has 1 heterocycles. The Kier molecular flexibility index (Phi) is 9.77. The Morgan fingerprint density at radius 1 is 0.275 bits per heavy atom. The smallest absolute Gasteiger partial charge is 0.0714 e. The predicted octanol–water partition coefficient (Wildman–Crippen LogP) is 17.6. The van der Waals surface area contributed by atoms with E-state index in [2.05, 4.69) is 289 Å². The Balaban J connectivity index is 0.977. The summed E-state index contributed by atoms with van der Waals surface area (Å²) in [6, 6.07) is 102. The highest BCUT2D eigenvalue weighted by Crippen LogP contribution is 2.57. The summed E-state index contributed by atoms with van der Waals surface area (Å²) in [5, 5.41) is 2.46. The van der Waals surface area contributed by atoms with Crippen molar-refractivity contribution in [3.8, 4) is 50.2 Å². The number of rotatable bonds is 9. The van der Waals surface area contributed by atoms with E-state index in [4.69, 9.17) is 0 Å². The van der Waals surface area contributed by atoms with E-state index in [9.17, 15) is 0 Å². The molecule has 13 rings (SSSR count). The third kappa shape index (κ3) is 6.72. The van der Waals surface area contributed by atoms with Gasteiger partial charge in [0.25, 0.3) is 0 Å². The molecule has 1 aromatic heterocycles. The molecular weight excluding hydrogens is 833 g/mol. The molecule has 69 heavy (non-hydrogen) atoms. The number of anilines is 3. The molecule has 1 aliphatic carbocycles. The van der Waals surface area contributed by atoms with Gasteiger partial charge >= 0.3 is 0 Å². The lowest BCUT2D eigenvalue weighted by Gasteiger charge is -2.35. The van der Waals surface area contributed by atoms with E-state index in [1.54, 1.807) is 0 Å². The number of hydrogen-bond acceptors (Lipinski definition) is 1. The molecule has 0 atom stereocenters. The number of benzene rings is 11. The van der Waals surface area contributed by atoms with Crippen LogP contribution >= 0.6 is 0 Å². The highest BCUT2D eigenvalue weighted by molar-refractivity contribution is 6.10. The molecule has 0 radical (unpaired) electrons. The summed E-state index contributed by atoms with van der Waals surface area (Å²) in [7, 11) is 0. The zero-order chi connectivity index (χ0) is 45.7. The predicted molar refractivity (Wildman–Crippen MR) is 289 cm³/mol. The summed E-state index contributed by atoms with van der Waals surface area (Å²) >= 11 is 0. The lowest BCUT2D eigenvalue weighted by molar-refractivity contribution is 0.768. The van der Waals surface area contributed by atoms with Crippen molar-refractivity contribution >= 4 is 38.9 Å². The van der Waals surface area contributed by atoms with Crippen LogP contribution in [-0.2, 0) is 5.41 Å². The van der Waals surface area contributed by atoms with Crippen LogP contribution in [0.2, 0.25) is 0 Å². The second-order valence-corrected chi connectivity index (χ2v) is 18.1. The molecule has 324 valence electrons. The lowest BCUT2D eigenvalue weighted by atomic mass is 9.67. The molecule has 0 unspecified atom stereocenters. The molecule has 0 fully saturated rings. The fraction of sp³-hybridized carbons (Fsp3) is 0.0149.